The van der Waals surface area contributed by atoms with Crippen LogP contribution in [0.1, 0.15) is 16.3 Å². The van der Waals surface area contributed by atoms with Gasteiger partial charge >= 0.3 is 5.97 Å². The molecular formula is C11H10N2O3S2. The summed E-state index contributed by atoms with van der Waals surface area (Å²) < 4.78 is 5.25. The summed E-state index contributed by atoms with van der Waals surface area (Å²) in [4.78, 5) is 11.5. The van der Waals surface area contributed by atoms with Gasteiger partial charge in [-0.05, 0) is 23.1 Å². The van der Waals surface area contributed by atoms with Crippen LogP contribution in [-0.4, -0.2) is 21.3 Å². The Morgan fingerprint density at radius 3 is 3.11 bits per heavy atom. The Morgan fingerprint density at radius 2 is 2.44 bits per heavy atom. The molecule has 0 aliphatic heterocycles. The minimum absolute atomic E-state index is 0.522. The number of carbonyl (C=O) groups is 1. The van der Waals surface area contributed by atoms with Gasteiger partial charge in [0.1, 0.15) is 0 Å². The molecule has 18 heavy (non-hydrogen) atoms. The molecule has 2 heterocycles. The Hall–Kier alpha value is -1.60. The van der Waals surface area contributed by atoms with Gasteiger partial charge in [0.05, 0.1) is 0 Å². The smallest absolute Gasteiger partial charge is 0.328 e. The SMILES string of the molecule is Cc1nnc(SCc2sccc2C=CC(=O)O)o1. The van der Waals surface area contributed by atoms with Crippen LogP contribution in [0.4, 0.5) is 0 Å². The minimum atomic E-state index is -0.952. The molecule has 0 atom stereocenters. The molecule has 5 nitrogen and oxygen atoms in total. The van der Waals surface area contributed by atoms with E-state index in [2.05, 4.69) is 10.2 Å². The van der Waals surface area contributed by atoms with Crippen LogP contribution in [0.15, 0.2) is 27.2 Å². The highest BCUT2D eigenvalue weighted by Gasteiger charge is 2.07. The van der Waals surface area contributed by atoms with Gasteiger partial charge in [-0.1, -0.05) is 11.8 Å². The zero-order chi connectivity index (χ0) is 13.0. The highest BCUT2D eigenvalue weighted by atomic mass is 32.2. The van der Waals surface area contributed by atoms with Crippen molar-refractivity contribution >= 4 is 35.1 Å². The number of hydrogen-bond acceptors (Lipinski definition) is 6. The summed E-state index contributed by atoms with van der Waals surface area (Å²) in [6.07, 6.45) is 2.72. The first kappa shape index (κ1) is 12.8. The molecule has 0 saturated heterocycles. The van der Waals surface area contributed by atoms with Gasteiger partial charge in [0, 0.05) is 23.6 Å². The molecule has 1 N–H and O–H groups in total. The number of thioether (sulfide) groups is 1. The van der Waals surface area contributed by atoms with Crippen LogP contribution in [0, 0.1) is 6.92 Å². The third-order valence-electron chi connectivity index (χ3n) is 2.02. The van der Waals surface area contributed by atoms with Gasteiger partial charge in [-0.3, -0.25) is 0 Å². The average molecular weight is 282 g/mol. The molecule has 0 spiro atoms. The molecule has 0 radical (unpaired) electrons. The highest BCUT2D eigenvalue weighted by Crippen LogP contribution is 2.27. The summed E-state index contributed by atoms with van der Waals surface area (Å²) in [5.41, 5.74) is 0.908. The van der Waals surface area contributed by atoms with Crippen molar-refractivity contribution in [1.29, 1.82) is 0 Å². The van der Waals surface area contributed by atoms with Crippen molar-refractivity contribution < 1.29 is 14.3 Å². The predicted molar refractivity (Wildman–Crippen MR) is 69.6 cm³/mol. The lowest BCUT2D eigenvalue weighted by Gasteiger charge is -1.96. The second-order valence-corrected chi connectivity index (χ2v) is 5.27. The summed E-state index contributed by atoms with van der Waals surface area (Å²) in [7, 11) is 0. The van der Waals surface area contributed by atoms with Crippen molar-refractivity contribution in [3.8, 4) is 0 Å². The van der Waals surface area contributed by atoms with Gasteiger partial charge in [-0.2, -0.15) is 0 Å². The fourth-order valence-corrected chi connectivity index (χ4v) is 3.04. The monoisotopic (exact) mass is 282 g/mol. The van der Waals surface area contributed by atoms with Crippen LogP contribution in [0.2, 0.25) is 0 Å². The van der Waals surface area contributed by atoms with E-state index in [4.69, 9.17) is 9.52 Å². The third-order valence-corrected chi connectivity index (χ3v) is 3.98. The largest absolute Gasteiger partial charge is 0.478 e. The molecule has 7 heteroatoms. The van der Waals surface area contributed by atoms with E-state index < -0.39 is 5.97 Å². The fourth-order valence-electron chi connectivity index (χ4n) is 1.24. The molecule has 0 aromatic carbocycles. The minimum Gasteiger partial charge on any atom is -0.478 e. The first-order valence-corrected chi connectivity index (χ1v) is 6.92. The molecule has 0 bridgehead atoms. The number of carboxylic acid groups (broad SMARTS) is 1. The van der Waals surface area contributed by atoms with Crippen LogP contribution >= 0.6 is 23.1 Å². The molecule has 0 aliphatic carbocycles. The van der Waals surface area contributed by atoms with E-state index >= 15 is 0 Å². The van der Waals surface area contributed by atoms with Gasteiger partial charge in [0.2, 0.25) is 5.89 Å². The van der Waals surface area contributed by atoms with E-state index in [0.717, 1.165) is 16.5 Å². The normalized spacial score (nSPS) is 11.2. The first-order valence-electron chi connectivity index (χ1n) is 5.05. The van der Waals surface area contributed by atoms with Crippen LogP contribution in [0.5, 0.6) is 0 Å². The molecule has 94 valence electrons. The molecule has 0 amide bonds. The number of carboxylic acids is 1. The van der Waals surface area contributed by atoms with E-state index in [1.165, 1.54) is 11.8 Å². The molecule has 2 aromatic heterocycles. The second-order valence-electron chi connectivity index (χ2n) is 3.35. The number of thiophene rings is 1. The number of hydrogen-bond donors (Lipinski definition) is 1. The van der Waals surface area contributed by atoms with Crippen molar-refractivity contribution in [2.75, 3.05) is 0 Å². The van der Waals surface area contributed by atoms with E-state index in [0.29, 0.717) is 16.9 Å². The molecule has 0 aliphatic rings. The fraction of sp³-hybridized carbons (Fsp3) is 0.182. The number of aryl methyl sites for hydroxylation is 1. The van der Waals surface area contributed by atoms with Gasteiger partial charge < -0.3 is 9.52 Å². The lowest BCUT2D eigenvalue weighted by molar-refractivity contribution is -0.131. The second kappa shape index (κ2) is 5.83. The van der Waals surface area contributed by atoms with Gasteiger partial charge in [-0.25, -0.2) is 4.79 Å². The first-order chi connectivity index (χ1) is 8.65. The number of nitrogens with zero attached hydrogens (tertiary/aromatic N) is 2. The van der Waals surface area contributed by atoms with Crippen molar-refractivity contribution in [3.63, 3.8) is 0 Å². The predicted octanol–water partition coefficient (Wildman–Crippen LogP) is 2.83. The Kier molecular flexibility index (Phi) is 4.16. The molecule has 0 saturated carbocycles. The van der Waals surface area contributed by atoms with E-state index in [1.807, 2.05) is 11.4 Å². The van der Waals surface area contributed by atoms with E-state index in [-0.39, 0.29) is 0 Å². The standard InChI is InChI=1S/C11H10N2O3S2/c1-7-12-13-11(16-7)18-6-9-8(4-5-17-9)2-3-10(14)15/h2-5H,6H2,1H3,(H,14,15). The molecule has 2 rings (SSSR count). The average Bonchev–Trinajstić information content (AvgIpc) is 2.92. The van der Waals surface area contributed by atoms with E-state index in [9.17, 15) is 4.79 Å². The van der Waals surface area contributed by atoms with Crippen LogP contribution < -0.4 is 0 Å². The number of aliphatic carboxylic acids is 1. The van der Waals surface area contributed by atoms with Crippen LogP contribution in [0.3, 0.4) is 0 Å². The highest BCUT2D eigenvalue weighted by molar-refractivity contribution is 7.98. The molecule has 0 fully saturated rings. The Morgan fingerprint density at radius 1 is 1.61 bits per heavy atom. The number of aromatic nitrogens is 2. The summed E-state index contributed by atoms with van der Waals surface area (Å²) >= 11 is 3.01. The Balaban J connectivity index is 2.01. The maximum Gasteiger partial charge on any atom is 0.328 e. The van der Waals surface area contributed by atoms with E-state index in [1.54, 1.807) is 24.3 Å². The zero-order valence-corrected chi connectivity index (χ0v) is 11.1. The lowest BCUT2D eigenvalue weighted by atomic mass is 10.2. The third kappa shape index (κ3) is 3.44. The van der Waals surface area contributed by atoms with Crippen molar-refractivity contribution in [3.05, 3.63) is 33.9 Å². The topological polar surface area (TPSA) is 76.2 Å². The number of rotatable bonds is 5. The lowest BCUT2D eigenvalue weighted by Crippen LogP contribution is -1.86. The van der Waals surface area contributed by atoms with Crippen molar-refractivity contribution in [1.82, 2.24) is 10.2 Å². The summed E-state index contributed by atoms with van der Waals surface area (Å²) in [6.45, 7) is 1.74. The summed E-state index contributed by atoms with van der Waals surface area (Å²) in [5, 5.41) is 18.7. The summed E-state index contributed by atoms with van der Waals surface area (Å²) in [6, 6.07) is 1.89. The molecule has 0 unspecified atom stereocenters. The van der Waals surface area contributed by atoms with Gasteiger partial charge in [0.25, 0.3) is 5.22 Å². The zero-order valence-electron chi connectivity index (χ0n) is 9.49. The Labute approximate surface area is 112 Å². The van der Waals surface area contributed by atoms with Crippen molar-refractivity contribution in [2.45, 2.75) is 17.9 Å². The van der Waals surface area contributed by atoms with Crippen LogP contribution in [-0.2, 0) is 10.5 Å². The Bertz CT molecular complexity index is 574. The molecule has 2 aromatic rings. The van der Waals surface area contributed by atoms with Gasteiger partial charge in [0.15, 0.2) is 0 Å². The van der Waals surface area contributed by atoms with Crippen LogP contribution in [0.25, 0.3) is 6.08 Å². The maximum absolute atomic E-state index is 10.5. The maximum atomic E-state index is 10.5. The van der Waals surface area contributed by atoms with Gasteiger partial charge in [-0.15, -0.1) is 21.5 Å². The molecular weight excluding hydrogens is 272 g/mol. The quantitative estimate of drug-likeness (QED) is 0.671. The van der Waals surface area contributed by atoms with Crippen molar-refractivity contribution in [2.24, 2.45) is 0 Å². The summed E-state index contributed by atoms with van der Waals surface area (Å²) in [5.74, 6) is 0.264.